The zero-order valence-electron chi connectivity index (χ0n) is 17.7. The molecule has 0 N–H and O–H groups in total. The van der Waals surface area contributed by atoms with Gasteiger partial charge in [-0.1, -0.05) is 63.2 Å². The maximum Gasteiger partial charge on any atom is 0.343 e. The summed E-state index contributed by atoms with van der Waals surface area (Å²) < 4.78 is 12.1. The van der Waals surface area contributed by atoms with E-state index in [1.165, 1.54) is 11.1 Å². The van der Waals surface area contributed by atoms with E-state index in [0.29, 0.717) is 23.7 Å². The first-order valence-corrected chi connectivity index (χ1v) is 11.0. The largest absolute Gasteiger partial charge is 0.492 e. The number of benzene rings is 3. The molecular weight excluding hydrogens is 440 g/mol. The molecule has 0 bridgehead atoms. The smallest absolute Gasteiger partial charge is 0.343 e. The topological polar surface area (TPSA) is 35.5 Å². The van der Waals surface area contributed by atoms with Gasteiger partial charge in [0.15, 0.2) is 0 Å². The quantitative estimate of drug-likeness (QED) is 0.265. The van der Waals surface area contributed by atoms with Crippen molar-refractivity contribution in [3.05, 3.63) is 94.0 Å². The van der Waals surface area contributed by atoms with Crippen LogP contribution < -0.4 is 9.47 Å². The van der Waals surface area contributed by atoms with Crippen molar-refractivity contribution in [2.75, 3.05) is 6.61 Å². The Morgan fingerprint density at radius 3 is 2.30 bits per heavy atom. The third kappa shape index (κ3) is 5.73. The predicted molar refractivity (Wildman–Crippen MR) is 125 cm³/mol. The molecule has 0 atom stereocenters. The fraction of sp³-hybridized carbons (Fsp3) is 0.269. The van der Waals surface area contributed by atoms with E-state index >= 15 is 0 Å². The van der Waals surface area contributed by atoms with Crippen LogP contribution in [0.25, 0.3) is 0 Å². The SMILES string of the molecule is CCC(C)(C)c1ccc(OC(=O)c2ccc(OCCc3ccccc3)c(Br)c2)cc1. The molecule has 0 fully saturated rings. The van der Waals surface area contributed by atoms with Crippen LogP contribution in [0.5, 0.6) is 11.5 Å². The van der Waals surface area contributed by atoms with Gasteiger partial charge in [0.05, 0.1) is 16.6 Å². The summed E-state index contributed by atoms with van der Waals surface area (Å²) in [5.74, 6) is 0.845. The summed E-state index contributed by atoms with van der Waals surface area (Å²) in [7, 11) is 0. The molecule has 0 radical (unpaired) electrons. The third-order valence-corrected chi connectivity index (χ3v) is 6.01. The molecule has 156 valence electrons. The minimum Gasteiger partial charge on any atom is -0.492 e. The number of rotatable bonds is 8. The second-order valence-corrected chi connectivity index (χ2v) is 8.73. The summed E-state index contributed by atoms with van der Waals surface area (Å²) >= 11 is 3.49. The van der Waals surface area contributed by atoms with E-state index in [-0.39, 0.29) is 5.41 Å². The van der Waals surface area contributed by atoms with Gasteiger partial charge in [-0.15, -0.1) is 0 Å². The van der Waals surface area contributed by atoms with E-state index in [9.17, 15) is 4.79 Å². The van der Waals surface area contributed by atoms with Crippen LogP contribution in [-0.4, -0.2) is 12.6 Å². The van der Waals surface area contributed by atoms with Crippen LogP contribution >= 0.6 is 15.9 Å². The van der Waals surface area contributed by atoms with Gasteiger partial charge < -0.3 is 9.47 Å². The Bertz CT molecular complexity index is 979. The van der Waals surface area contributed by atoms with Gasteiger partial charge in [-0.2, -0.15) is 0 Å². The highest BCUT2D eigenvalue weighted by Crippen LogP contribution is 2.29. The summed E-state index contributed by atoms with van der Waals surface area (Å²) in [5.41, 5.74) is 3.02. The van der Waals surface area contributed by atoms with Gasteiger partial charge >= 0.3 is 5.97 Å². The average molecular weight is 467 g/mol. The van der Waals surface area contributed by atoms with E-state index in [1.807, 2.05) is 42.5 Å². The van der Waals surface area contributed by atoms with E-state index in [0.717, 1.165) is 17.3 Å². The highest BCUT2D eigenvalue weighted by molar-refractivity contribution is 9.10. The second kappa shape index (κ2) is 9.94. The zero-order chi connectivity index (χ0) is 21.6. The Kier molecular flexibility index (Phi) is 7.33. The molecule has 3 aromatic carbocycles. The lowest BCUT2D eigenvalue weighted by Gasteiger charge is -2.23. The summed E-state index contributed by atoms with van der Waals surface area (Å²) in [6.45, 7) is 7.14. The number of ether oxygens (including phenoxy) is 2. The average Bonchev–Trinajstić information content (AvgIpc) is 2.76. The van der Waals surface area contributed by atoms with Gasteiger partial charge in [0.1, 0.15) is 11.5 Å². The van der Waals surface area contributed by atoms with Crippen molar-refractivity contribution in [1.29, 1.82) is 0 Å². The van der Waals surface area contributed by atoms with Crippen LogP contribution in [0.1, 0.15) is 48.7 Å². The molecule has 3 rings (SSSR count). The lowest BCUT2D eigenvalue weighted by atomic mass is 9.82. The summed E-state index contributed by atoms with van der Waals surface area (Å²) in [4.78, 5) is 12.5. The van der Waals surface area contributed by atoms with E-state index < -0.39 is 5.97 Å². The molecule has 0 spiro atoms. The van der Waals surface area contributed by atoms with Crippen LogP contribution in [0, 0.1) is 0 Å². The van der Waals surface area contributed by atoms with Crippen molar-refractivity contribution in [2.24, 2.45) is 0 Å². The van der Waals surface area contributed by atoms with E-state index in [1.54, 1.807) is 18.2 Å². The molecule has 3 nitrogen and oxygen atoms in total. The summed E-state index contributed by atoms with van der Waals surface area (Å²) in [6, 6.07) is 23.2. The van der Waals surface area contributed by atoms with Crippen molar-refractivity contribution in [2.45, 2.75) is 39.0 Å². The Balaban J connectivity index is 1.59. The molecule has 0 heterocycles. The first kappa shape index (κ1) is 22.1. The lowest BCUT2D eigenvalue weighted by Crippen LogP contribution is -2.15. The predicted octanol–water partition coefficient (Wildman–Crippen LogP) is 6.98. The van der Waals surface area contributed by atoms with Crippen molar-refractivity contribution in [3.8, 4) is 11.5 Å². The van der Waals surface area contributed by atoms with Crippen molar-refractivity contribution < 1.29 is 14.3 Å². The molecule has 0 aliphatic heterocycles. The van der Waals surface area contributed by atoms with Crippen LogP contribution in [0.3, 0.4) is 0 Å². The molecule has 0 aliphatic rings. The molecule has 3 aromatic rings. The van der Waals surface area contributed by atoms with Gasteiger partial charge in [0.2, 0.25) is 0 Å². The Morgan fingerprint density at radius 2 is 1.67 bits per heavy atom. The Hall–Kier alpha value is -2.59. The van der Waals surface area contributed by atoms with E-state index in [2.05, 4.69) is 48.8 Å². The monoisotopic (exact) mass is 466 g/mol. The molecule has 0 aliphatic carbocycles. The Morgan fingerprint density at radius 1 is 0.967 bits per heavy atom. The third-order valence-electron chi connectivity index (χ3n) is 5.39. The second-order valence-electron chi connectivity index (χ2n) is 7.88. The first-order chi connectivity index (χ1) is 14.4. The molecule has 0 saturated heterocycles. The molecule has 0 amide bonds. The van der Waals surface area contributed by atoms with E-state index in [4.69, 9.17) is 9.47 Å². The van der Waals surface area contributed by atoms with Crippen LogP contribution in [-0.2, 0) is 11.8 Å². The highest BCUT2D eigenvalue weighted by Gasteiger charge is 2.18. The minimum absolute atomic E-state index is 0.101. The molecule has 0 saturated carbocycles. The number of halogens is 1. The summed E-state index contributed by atoms with van der Waals surface area (Å²) in [5, 5.41) is 0. The maximum absolute atomic E-state index is 12.5. The molecule has 0 aromatic heterocycles. The van der Waals surface area contributed by atoms with Crippen molar-refractivity contribution >= 4 is 21.9 Å². The fourth-order valence-corrected chi connectivity index (χ4v) is 3.51. The maximum atomic E-state index is 12.5. The highest BCUT2D eigenvalue weighted by atomic mass is 79.9. The first-order valence-electron chi connectivity index (χ1n) is 10.2. The van der Waals surface area contributed by atoms with Gasteiger partial charge in [-0.3, -0.25) is 0 Å². The molecular formula is C26H27BrO3. The van der Waals surface area contributed by atoms with Gasteiger partial charge in [0, 0.05) is 6.42 Å². The van der Waals surface area contributed by atoms with Gasteiger partial charge in [-0.05, 0) is 69.2 Å². The lowest BCUT2D eigenvalue weighted by molar-refractivity contribution is 0.0734. The zero-order valence-corrected chi connectivity index (χ0v) is 19.2. The number of esters is 1. The van der Waals surface area contributed by atoms with Crippen molar-refractivity contribution in [1.82, 2.24) is 0 Å². The van der Waals surface area contributed by atoms with Crippen LogP contribution in [0.2, 0.25) is 0 Å². The summed E-state index contributed by atoms with van der Waals surface area (Å²) in [6.07, 6.45) is 1.86. The number of hydrogen-bond donors (Lipinski definition) is 0. The van der Waals surface area contributed by atoms with Crippen LogP contribution in [0.4, 0.5) is 0 Å². The van der Waals surface area contributed by atoms with Crippen molar-refractivity contribution in [3.63, 3.8) is 0 Å². The number of carbonyl (C=O) groups is 1. The molecule has 30 heavy (non-hydrogen) atoms. The minimum atomic E-state index is -0.394. The number of hydrogen-bond acceptors (Lipinski definition) is 3. The van der Waals surface area contributed by atoms with Gasteiger partial charge in [-0.25, -0.2) is 4.79 Å². The molecule has 0 unspecified atom stereocenters. The number of carbonyl (C=O) groups excluding carboxylic acids is 1. The Labute approximate surface area is 187 Å². The fourth-order valence-electron chi connectivity index (χ4n) is 3.01. The van der Waals surface area contributed by atoms with Gasteiger partial charge in [0.25, 0.3) is 0 Å². The molecule has 4 heteroatoms. The van der Waals surface area contributed by atoms with Crippen LogP contribution in [0.15, 0.2) is 77.3 Å². The normalized spacial score (nSPS) is 11.2. The standard InChI is InChI=1S/C26H27BrO3/c1-4-26(2,3)21-11-13-22(14-12-21)30-25(28)20-10-15-24(23(27)18-20)29-17-16-19-8-6-5-7-9-19/h5-15,18H,4,16-17H2,1-3H3.